The van der Waals surface area contributed by atoms with Crippen LogP contribution in [0.3, 0.4) is 0 Å². The Labute approximate surface area is 205 Å². The molecule has 0 unspecified atom stereocenters. The van der Waals surface area contributed by atoms with Crippen LogP contribution in [-0.4, -0.2) is 45.2 Å². The van der Waals surface area contributed by atoms with Gasteiger partial charge in [-0.1, -0.05) is 6.92 Å². The van der Waals surface area contributed by atoms with Gasteiger partial charge in [0.05, 0.1) is 32.8 Å². The van der Waals surface area contributed by atoms with E-state index in [4.69, 9.17) is 18.9 Å². The van der Waals surface area contributed by atoms with Crippen LogP contribution < -0.4 is 14.8 Å². The van der Waals surface area contributed by atoms with Crippen LogP contribution in [0.5, 0.6) is 11.5 Å². The lowest BCUT2D eigenvalue weighted by molar-refractivity contribution is -0.151. The summed E-state index contributed by atoms with van der Waals surface area (Å²) in [6, 6.07) is 5.28. The Morgan fingerprint density at radius 3 is 2.40 bits per heavy atom. The summed E-state index contributed by atoms with van der Waals surface area (Å²) in [5, 5.41) is 3.29. The van der Waals surface area contributed by atoms with E-state index in [0.29, 0.717) is 46.0 Å². The zero-order valence-electron chi connectivity index (χ0n) is 20.9. The Balaban J connectivity index is 1.88. The number of ether oxygens (including phenoxy) is 4. The van der Waals surface area contributed by atoms with Crippen molar-refractivity contribution in [3.8, 4) is 11.5 Å². The quantitative estimate of drug-likeness (QED) is 0.482. The van der Waals surface area contributed by atoms with Gasteiger partial charge in [-0.3, -0.25) is 9.59 Å². The number of hydrogen-bond acceptors (Lipinski definition) is 8. The van der Waals surface area contributed by atoms with E-state index in [1.165, 1.54) is 14.2 Å². The van der Waals surface area contributed by atoms with Crippen molar-refractivity contribution < 1.29 is 33.3 Å². The van der Waals surface area contributed by atoms with Crippen LogP contribution in [0.1, 0.15) is 57.4 Å². The predicted molar refractivity (Wildman–Crippen MR) is 128 cm³/mol. The molecular weight excluding hydrogens is 450 g/mol. The van der Waals surface area contributed by atoms with Crippen LogP contribution in [0, 0.1) is 11.8 Å². The first-order valence-corrected chi connectivity index (χ1v) is 12.1. The van der Waals surface area contributed by atoms with Crippen LogP contribution in [0.25, 0.3) is 0 Å². The number of carbonyl (C=O) groups is 3. The third-order valence-corrected chi connectivity index (χ3v) is 7.29. The van der Waals surface area contributed by atoms with Crippen LogP contribution in [0.2, 0.25) is 0 Å². The van der Waals surface area contributed by atoms with Crippen LogP contribution >= 0.6 is 0 Å². The van der Waals surface area contributed by atoms with Gasteiger partial charge < -0.3 is 24.3 Å². The molecule has 35 heavy (non-hydrogen) atoms. The minimum Gasteiger partial charge on any atom is -0.497 e. The molecule has 1 aromatic carbocycles. The molecule has 0 saturated heterocycles. The van der Waals surface area contributed by atoms with Gasteiger partial charge in [-0.25, -0.2) is 4.79 Å². The van der Waals surface area contributed by atoms with E-state index in [2.05, 4.69) is 5.32 Å². The molecule has 8 heteroatoms. The van der Waals surface area contributed by atoms with Crippen molar-refractivity contribution in [3.05, 3.63) is 46.3 Å². The van der Waals surface area contributed by atoms with Crippen molar-refractivity contribution in [2.24, 2.45) is 11.8 Å². The maximum atomic E-state index is 13.9. The zero-order valence-corrected chi connectivity index (χ0v) is 20.9. The summed E-state index contributed by atoms with van der Waals surface area (Å²) < 4.78 is 22.0. The second kappa shape index (κ2) is 10.1. The Morgan fingerprint density at radius 2 is 1.77 bits per heavy atom. The van der Waals surface area contributed by atoms with E-state index >= 15 is 0 Å². The number of carbonyl (C=O) groups excluding carboxylic acids is 3. The SMILES string of the molecule is COC(=O)[C@@H]1C(=O)C2=C(C[C@H]1C)NC(C)=C(C(=O)OC1CCCC1)[C@@H]2c1cc(OC)ccc1OC. The average molecular weight is 484 g/mol. The molecule has 1 heterocycles. The van der Waals surface area contributed by atoms with E-state index in [0.717, 1.165) is 25.7 Å². The van der Waals surface area contributed by atoms with Gasteiger partial charge in [-0.2, -0.15) is 0 Å². The van der Waals surface area contributed by atoms with E-state index in [1.54, 1.807) is 25.3 Å². The highest BCUT2D eigenvalue weighted by atomic mass is 16.5. The second-order valence-corrected chi connectivity index (χ2v) is 9.46. The highest BCUT2D eigenvalue weighted by Crippen LogP contribution is 2.48. The minimum atomic E-state index is -0.954. The van der Waals surface area contributed by atoms with Crippen LogP contribution in [-0.2, 0) is 23.9 Å². The standard InChI is InChI=1S/C27H33NO7/c1-14-12-19-24(25(29)21(14)26(30)34-5)23(18-13-17(32-3)10-11-20(18)33-4)22(15(2)28-19)27(31)35-16-8-6-7-9-16/h10-11,13-14,16,21,23,28H,6-9,12H2,1-5H3/t14-,21+,23+/m1/s1. The highest BCUT2D eigenvalue weighted by molar-refractivity contribution is 6.12. The van der Waals surface area contributed by atoms with E-state index in [9.17, 15) is 14.4 Å². The monoisotopic (exact) mass is 483 g/mol. The fourth-order valence-corrected chi connectivity index (χ4v) is 5.55. The van der Waals surface area contributed by atoms with Crippen LogP contribution in [0.15, 0.2) is 40.7 Å². The summed E-state index contributed by atoms with van der Waals surface area (Å²) in [4.78, 5) is 40.1. The van der Waals surface area contributed by atoms with Crippen molar-refractivity contribution in [2.75, 3.05) is 21.3 Å². The molecule has 0 aromatic heterocycles. The summed E-state index contributed by atoms with van der Waals surface area (Å²) in [6.07, 6.45) is 4.02. The van der Waals surface area contributed by atoms with Gasteiger partial charge >= 0.3 is 11.9 Å². The van der Waals surface area contributed by atoms with E-state index < -0.39 is 23.8 Å². The summed E-state index contributed by atoms with van der Waals surface area (Å²) in [6.45, 7) is 3.67. The summed E-state index contributed by atoms with van der Waals surface area (Å²) in [5.41, 5.74) is 2.64. The third-order valence-electron chi connectivity index (χ3n) is 7.29. The van der Waals surface area contributed by atoms with Gasteiger partial charge in [0.15, 0.2) is 5.78 Å². The first kappa shape index (κ1) is 24.8. The van der Waals surface area contributed by atoms with Gasteiger partial charge in [-0.15, -0.1) is 0 Å². The van der Waals surface area contributed by atoms with Gasteiger partial charge in [0, 0.05) is 22.5 Å². The molecule has 1 aliphatic heterocycles. The topological polar surface area (TPSA) is 100 Å². The molecule has 3 aliphatic rings. The van der Waals surface area contributed by atoms with Gasteiger partial charge in [0.25, 0.3) is 0 Å². The molecular formula is C27H33NO7. The van der Waals surface area contributed by atoms with Gasteiger partial charge in [0.1, 0.15) is 23.5 Å². The number of Topliss-reactive ketones (excluding diaryl/α,β-unsaturated/α-hetero) is 1. The molecule has 188 valence electrons. The third kappa shape index (κ3) is 4.54. The molecule has 1 saturated carbocycles. The summed E-state index contributed by atoms with van der Waals surface area (Å²) in [7, 11) is 4.37. The Hall–Kier alpha value is -3.29. The molecule has 1 N–H and O–H groups in total. The number of ketones is 1. The average Bonchev–Trinajstić information content (AvgIpc) is 3.35. The summed E-state index contributed by atoms with van der Waals surface area (Å²) >= 11 is 0. The predicted octanol–water partition coefficient (Wildman–Crippen LogP) is 3.80. The number of hydrogen-bond donors (Lipinski definition) is 1. The van der Waals surface area contributed by atoms with Crippen molar-refractivity contribution in [1.82, 2.24) is 5.32 Å². The number of allylic oxidation sites excluding steroid dienone is 3. The van der Waals surface area contributed by atoms with Crippen molar-refractivity contribution in [2.45, 2.75) is 58.0 Å². The Morgan fingerprint density at radius 1 is 1.06 bits per heavy atom. The molecule has 3 atom stereocenters. The molecule has 0 spiro atoms. The molecule has 0 bridgehead atoms. The van der Waals surface area contributed by atoms with Crippen molar-refractivity contribution >= 4 is 17.7 Å². The molecule has 0 radical (unpaired) electrons. The molecule has 1 fully saturated rings. The second-order valence-electron chi connectivity index (χ2n) is 9.46. The fraction of sp³-hybridized carbons (Fsp3) is 0.519. The Bertz CT molecular complexity index is 1100. The Kier molecular flexibility index (Phi) is 7.19. The maximum Gasteiger partial charge on any atom is 0.337 e. The maximum absolute atomic E-state index is 13.9. The lowest BCUT2D eigenvalue weighted by Crippen LogP contribution is -2.43. The summed E-state index contributed by atoms with van der Waals surface area (Å²) in [5.74, 6) is -2.33. The lowest BCUT2D eigenvalue weighted by Gasteiger charge is -2.38. The largest absolute Gasteiger partial charge is 0.497 e. The molecule has 8 nitrogen and oxygen atoms in total. The van der Waals surface area contributed by atoms with Crippen molar-refractivity contribution in [3.63, 3.8) is 0 Å². The lowest BCUT2D eigenvalue weighted by atomic mass is 9.69. The zero-order chi connectivity index (χ0) is 25.3. The van der Waals surface area contributed by atoms with E-state index in [1.807, 2.05) is 13.8 Å². The smallest absolute Gasteiger partial charge is 0.337 e. The minimum absolute atomic E-state index is 0.143. The molecule has 0 amide bonds. The van der Waals surface area contributed by atoms with Gasteiger partial charge in [0.2, 0.25) is 0 Å². The number of nitrogens with one attached hydrogen (secondary N) is 1. The number of esters is 2. The first-order valence-electron chi connectivity index (χ1n) is 12.1. The molecule has 1 aromatic rings. The van der Waals surface area contributed by atoms with E-state index in [-0.39, 0.29) is 17.8 Å². The number of benzene rings is 1. The molecule has 4 rings (SSSR count). The highest BCUT2D eigenvalue weighted by Gasteiger charge is 2.48. The van der Waals surface area contributed by atoms with Gasteiger partial charge in [-0.05, 0) is 63.1 Å². The fourth-order valence-electron chi connectivity index (χ4n) is 5.55. The van der Waals surface area contributed by atoms with Crippen molar-refractivity contribution in [1.29, 1.82) is 0 Å². The number of methoxy groups -OCH3 is 3. The number of dihydropyridines is 1. The number of rotatable bonds is 6. The van der Waals surface area contributed by atoms with Crippen LogP contribution in [0.4, 0.5) is 0 Å². The normalized spacial score (nSPS) is 24.6. The molecule has 2 aliphatic carbocycles. The first-order chi connectivity index (χ1) is 16.8.